The highest BCUT2D eigenvalue weighted by Crippen LogP contribution is 2.32. The monoisotopic (exact) mass is 261 g/mol. The average Bonchev–Trinajstić information content (AvgIpc) is 2.82. The number of likely N-dealkylation sites (tertiary alicyclic amines) is 1. The first-order chi connectivity index (χ1) is 9.33. The molecule has 0 aromatic carbocycles. The summed E-state index contributed by atoms with van der Waals surface area (Å²) in [7, 11) is 0. The van der Waals surface area contributed by atoms with Crippen LogP contribution < -0.4 is 0 Å². The van der Waals surface area contributed by atoms with E-state index >= 15 is 0 Å². The van der Waals surface area contributed by atoms with Crippen LogP contribution in [0, 0.1) is 11.8 Å². The maximum absolute atomic E-state index is 5.98. The van der Waals surface area contributed by atoms with Gasteiger partial charge in [0.2, 0.25) is 0 Å². The van der Waals surface area contributed by atoms with Gasteiger partial charge in [0.25, 0.3) is 0 Å². The molecule has 4 heteroatoms. The largest absolute Gasteiger partial charge is 0.378 e. The Labute approximate surface area is 115 Å². The van der Waals surface area contributed by atoms with Crippen LogP contribution in [0.3, 0.4) is 0 Å². The molecule has 0 N–H and O–H groups in total. The third kappa shape index (κ3) is 3.12. The Balaban J connectivity index is 1.58. The normalized spacial score (nSPS) is 32.6. The SMILES string of the molecule is CC1CN(Cc2cncnc2)CC1C1CCCCO1. The van der Waals surface area contributed by atoms with Gasteiger partial charge >= 0.3 is 0 Å². The Morgan fingerprint density at radius 3 is 2.84 bits per heavy atom. The maximum atomic E-state index is 5.98. The summed E-state index contributed by atoms with van der Waals surface area (Å²) >= 11 is 0. The van der Waals surface area contributed by atoms with Crippen molar-refractivity contribution in [1.82, 2.24) is 14.9 Å². The summed E-state index contributed by atoms with van der Waals surface area (Å²) < 4.78 is 5.98. The van der Waals surface area contributed by atoms with Crippen LogP contribution in [0.15, 0.2) is 18.7 Å². The predicted octanol–water partition coefficient (Wildman–Crippen LogP) is 2.11. The van der Waals surface area contributed by atoms with E-state index in [4.69, 9.17) is 4.74 Å². The van der Waals surface area contributed by atoms with Crippen molar-refractivity contribution in [3.8, 4) is 0 Å². The molecule has 0 spiro atoms. The second-order valence-electron chi connectivity index (χ2n) is 5.99. The van der Waals surface area contributed by atoms with Gasteiger partial charge in [0.15, 0.2) is 0 Å². The lowest BCUT2D eigenvalue weighted by molar-refractivity contribution is -0.0267. The zero-order valence-electron chi connectivity index (χ0n) is 11.7. The molecule has 2 aliphatic rings. The zero-order chi connectivity index (χ0) is 13.1. The van der Waals surface area contributed by atoms with E-state index in [0.717, 1.165) is 25.6 Å². The highest BCUT2D eigenvalue weighted by molar-refractivity contribution is 5.03. The molecule has 3 rings (SSSR count). The molecule has 4 nitrogen and oxygen atoms in total. The Kier molecular flexibility index (Phi) is 4.09. The molecule has 3 unspecified atom stereocenters. The topological polar surface area (TPSA) is 38.2 Å². The molecule has 1 aromatic heterocycles. The van der Waals surface area contributed by atoms with E-state index in [1.54, 1.807) is 6.33 Å². The van der Waals surface area contributed by atoms with E-state index in [2.05, 4.69) is 21.8 Å². The highest BCUT2D eigenvalue weighted by Gasteiger charge is 2.36. The molecule has 2 saturated heterocycles. The molecule has 2 fully saturated rings. The fraction of sp³-hybridized carbons (Fsp3) is 0.733. The van der Waals surface area contributed by atoms with Gasteiger partial charge in [-0.2, -0.15) is 0 Å². The first kappa shape index (κ1) is 13.0. The Bertz CT molecular complexity index is 392. The average molecular weight is 261 g/mol. The third-order valence-corrected chi connectivity index (χ3v) is 4.46. The van der Waals surface area contributed by atoms with Crippen molar-refractivity contribution >= 4 is 0 Å². The third-order valence-electron chi connectivity index (χ3n) is 4.46. The summed E-state index contributed by atoms with van der Waals surface area (Å²) in [5, 5.41) is 0. The van der Waals surface area contributed by atoms with Gasteiger partial charge in [-0.3, -0.25) is 4.90 Å². The van der Waals surface area contributed by atoms with Gasteiger partial charge in [0, 0.05) is 50.1 Å². The fourth-order valence-corrected chi connectivity index (χ4v) is 3.48. The van der Waals surface area contributed by atoms with Crippen LogP contribution >= 0.6 is 0 Å². The molecule has 104 valence electrons. The predicted molar refractivity (Wildman–Crippen MR) is 73.6 cm³/mol. The zero-order valence-corrected chi connectivity index (χ0v) is 11.7. The van der Waals surface area contributed by atoms with Crippen LogP contribution in [0.2, 0.25) is 0 Å². The van der Waals surface area contributed by atoms with Gasteiger partial charge < -0.3 is 4.74 Å². The number of hydrogen-bond acceptors (Lipinski definition) is 4. The van der Waals surface area contributed by atoms with Crippen LogP contribution in [-0.2, 0) is 11.3 Å². The van der Waals surface area contributed by atoms with E-state index in [0.29, 0.717) is 12.0 Å². The van der Waals surface area contributed by atoms with Gasteiger partial charge in [-0.25, -0.2) is 9.97 Å². The van der Waals surface area contributed by atoms with E-state index in [1.807, 2.05) is 12.4 Å². The van der Waals surface area contributed by atoms with Crippen molar-refractivity contribution in [2.24, 2.45) is 11.8 Å². The summed E-state index contributed by atoms with van der Waals surface area (Å²) in [5.74, 6) is 1.43. The Morgan fingerprint density at radius 2 is 2.11 bits per heavy atom. The second-order valence-corrected chi connectivity index (χ2v) is 5.99. The summed E-state index contributed by atoms with van der Waals surface area (Å²) in [6, 6.07) is 0. The second kappa shape index (κ2) is 5.97. The molecular formula is C15H23N3O. The molecule has 2 aliphatic heterocycles. The van der Waals surface area contributed by atoms with Gasteiger partial charge in [-0.05, 0) is 25.2 Å². The lowest BCUT2D eigenvalue weighted by atomic mass is 9.88. The molecule has 0 bridgehead atoms. The molecule has 3 heterocycles. The Hall–Kier alpha value is -1.00. The van der Waals surface area contributed by atoms with Crippen molar-refractivity contribution in [3.05, 3.63) is 24.3 Å². The quantitative estimate of drug-likeness (QED) is 0.835. The van der Waals surface area contributed by atoms with Crippen LogP contribution in [0.5, 0.6) is 0 Å². The minimum absolute atomic E-state index is 0.487. The van der Waals surface area contributed by atoms with Crippen molar-refractivity contribution in [2.75, 3.05) is 19.7 Å². The molecule has 0 aliphatic carbocycles. The van der Waals surface area contributed by atoms with Crippen molar-refractivity contribution in [2.45, 2.75) is 38.8 Å². The lowest BCUT2D eigenvalue weighted by Gasteiger charge is -2.30. The number of aromatic nitrogens is 2. The molecule has 19 heavy (non-hydrogen) atoms. The molecule has 0 amide bonds. The smallest absolute Gasteiger partial charge is 0.115 e. The summed E-state index contributed by atoms with van der Waals surface area (Å²) in [6.07, 6.45) is 9.74. The van der Waals surface area contributed by atoms with Crippen molar-refractivity contribution in [1.29, 1.82) is 0 Å². The number of hydrogen-bond donors (Lipinski definition) is 0. The van der Waals surface area contributed by atoms with Crippen molar-refractivity contribution < 1.29 is 4.74 Å². The molecule has 3 atom stereocenters. The summed E-state index contributed by atoms with van der Waals surface area (Å²) in [5.41, 5.74) is 1.21. The van der Waals surface area contributed by atoms with Gasteiger partial charge in [0.1, 0.15) is 6.33 Å². The fourth-order valence-electron chi connectivity index (χ4n) is 3.48. The summed E-state index contributed by atoms with van der Waals surface area (Å²) in [6.45, 7) is 6.61. The summed E-state index contributed by atoms with van der Waals surface area (Å²) in [4.78, 5) is 10.7. The lowest BCUT2D eigenvalue weighted by Crippen LogP contribution is -2.32. The van der Waals surface area contributed by atoms with Gasteiger partial charge in [-0.15, -0.1) is 0 Å². The molecule has 0 radical (unpaired) electrons. The number of rotatable bonds is 3. The van der Waals surface area contributed by atoms with E-state index in [9.17, 15) is 0 Å². The van der Waals surface area contributed by atoms with Crippen LogP contribution in [0.4, 0.5) is 0 Å². The Morgan fingerprint density at radius 1 is 1.26 bits per heavy atom. The van der Waals surface area contributed by atoms with Crippen LogP contribution in [0.1, 0.15) is 31.7 Å². The van der Waals surface area contributed by atoms with Gasteiger partial charge in [0.05, 0.1) is 6.10 Å². The first-order valence-electron chi connectivity index (χ1n) is 7.41. The number of ether oxygens (including phenoxy) is 1. The molecule has 0 saturated carbocycles. The minimum atomic E-state index is 0.487. The highest BCUT2D eigenvalue weighted by atomic mass is 16.5. The number of nitrogens with zero attached hydrogens (tertiary/aromatic N) is 3. The van der Waals surface area contributed by atoms with E-state index < -0.39 is 0 Å². The van der Waals surface area contributed by atoms with E-state index in [-0.39, 0.29) is 0 Å². The van der Waals surface area contributed by atoms with Crippen molar-refractivity contribution in [3.63, 3.8) is 0 Å². The molecular weight excluding hydrogens is 238 g/mol. The minimum Gasteiger partial charge on any atom is -0.378 e. The van der Waals surface area contributed by atoms with Crippen LogP contribution in [-0.4, -0.2) is 40.7 Å². The van der Waals surface area contributed by atoms with Gasteiger partial charge in [-0.1, -0.05) is 6.92 Å². The standard InChI is InChI=1S/C15H23N3O/c1-12-8-18(9-13-6-16-11-17-7-13)10-14(12)15-4-2-3-5-19-15/h6-7,11-12,14-15H,2-5,8-10H2,1H3. The van der Waals surface area contributed by atoms with E-state index in [1.165, 1.54) is 31.4 Å². The first-order valence-corrected chi connectivity index (χ1v) is 7.41. The maximum Gasteiger partial charge on any atom is 0.115 e. The van der Waals surface area contributed by atoms with Crippen LogP contribution in [0.25, 0.3) is 0 Å². The molecule has 1 aromatic rings.